The van der Waals surface area contributed by atoms with Crippen molar-refractivity contribution in [1.82, 2.24) is 9.88 Å². The van der Waals surface area contributed by atoms with Crippen LogP contribution < -0.4 is 15.3 Å². The number of H-pyrrole nitrogens is 1. The normalized spacial score (nSPS) is 14.4. The van der Waals surface area contributed by atoms with Crippen LogP contribution >= 0.6 is 0 Å². The van der Waals surface area contributed by atoms with E-state index in [2.05, 4.69) is 32.5 Å². The number of benzene rings is 2. The Labute approximate surface area is 209 Å². The van der Waals surface area contributed by atoms with Gasteiger partial charge in [0.2, 0.25) is 0 Å². The standard InChI is InChI=1S/C28H31N3O5/c1-19-15-26-20(6-9-27(32)36-26)16-25(19)31-13-11-30(12-14-31)10-4-3-5-21-18-29-24-8-7-22(17-23(21)24)35-28(33)34-2/h6-9,15-18,29H,3-5,10-14H2,1-2H3. The number of carbonyl (C=O) groups is 1. The molecule has 1 fully saturated rings. The van der Waals surface area contributed by atoms with Gasteiger partial charge in [0, 0.05) is 60.4 Å². The minimum atomic E-state index is -0.712. The molecular weight excluding hydrogens is 458 g/mol. The van der Waals surface area contributed by atoms with Crippen LogP contribution in [0.5, 0.6) is 5.75 Å². The lowest BCUT2D eigenvalue weighted by atomic mass is 10.1. The molecule has 0 radical (unpaired) electrons. The highest BCUT2D eigenvalue weighted by molar-refractivity contribution is 5.85. The summed E-state index contributed by atoms with van der Waals surface area (Å²) in [5.41, 5.74) is 4.93. The number of aryl methyl sites for hydroxylation is 2. The van der Waals surface area contributed by atoms with Gasteiger partial charge in [-0.15, -0.1) is 0 Å². The molecule has 0 atom stereocenters. The summed E-state index contributed by atoms with van der Waals surface area (Å²) in [5.74, 6) is 0.485. The average Bonchev–Trinajstić information content (AvgIpc) is 3.28. The molecule has 8 heteroatoms. The van der Waals surface area contributed by atoms with Crippen LogP contribution in [0.15, 0.2) is 57.9 Å². The van der Waals surface area contributed by atoms with Gasteiger partial charge in [-0.1, -0.05) is 0 Å². The predicted octanol–water partition coefficient (Wildman–Crippen LogP) is 4.87. The maximum atomic E-state index is 11.5. The molecular formula is C28H31N3O5. The lowest BCUT2D eigenvalue weighted by Crippen LogP contribution is -2.46. The molecule has 0 unspecified atom stereocenters. The Kier molecular flexibility index (Phi) is 6.95. The molecule has 2 aromatic heterocycles. The molecule has 0 aliphatic carbocycles. The number of methoxy groups -OCH3 is 1. The van der Waals surface area contributed by atoms with Crippen molar-refractivity contribution in [3.8, 4) is 5.75 Å². The minimum absolute atomic E-state index is 0.315. The monoisotopic (exact) mass is 489 g/mol. The third-order valence-corrected chi connectivity index (χ3v) is 6.93. The van der Waals surface area contributed by atoms with Gasteiger partial charge in [-0.05, 0) is 80.3 Å². The summed E-state index contributed by atoms with van der Waals surface area (Å²) in [4.78, 5) is 31.2. The summed E-state index contributed by atoms with van der Waals surface area (Å²) in [6, 6.07) is 13.0. The minimum Gasteiger partial charge on any atom is -0.437 e. The van der Waals surface area contributed by atoms with Crippen molar-refractivity contribution in [1.29, 1.82) is 0 Å². The number of aromatic nitrogens is 1. The summed E-state index contributed by atoms with van der Waals surface area (Å²) in [6.07, 6.45) is 4.51. The van der Waals surface area contributed by atoms with Crippen molar-refractivity contribution in [3.63, 3.8) is 0 Å². The van der Waals surface area contributed by atoms with E-state index in [4.69, 9.17) is 9.15 Å². The van der Waals surface area contributed by atoms with Gasteiger partial charge < -0.3 is 23.8 Å². The maximum Gasteiger partial charge on any atom is 0.513 e. The zero-order valence-corrected chi connectivity index (χ0v) is 20.7. The molecule has 0 bridgehead atoms. The zero-order chi connectivity index (χ0) is 25.1. The van der Waals surface area contributed by atoms with Crippen molar-refractivity contribution < 1.29 is 18.7 Å². The van der Waals surface area contributed by atoms with Crippen molar-refractivity contribution in [3.05, 3.63) is 70.2 Å². The number of hydrogen-bond acceptors (Lipinski definition) is 7. The van der Waals surface area contributed by atoms with Crippen LogP contribution in [0.1, 0.15) is 24.0 Å². The fourth-order valence-electron chi connectivity index (χ4n) is 4.97. The first-order valence-corrected chi connectivity index (χ1v) is 12.4. The molecule has 1 aliphatic heterocycles. The second kappa shape index (κ2) is 10.5. The number of anilines is 1. The third kappa shape index (κ3) is 5.23. The number of rotatable bonds is 7. The number of fused-ring (bicyclic) bond motifs is 2. The topological polar surface area (TPSA) is 88.0 Å². The van der Waals surface area contributed by atoms with Crippen molar-refractivity contribution in [2.24, 2.45) is 0 Å². The second-order valence-corrected chi connectivity index (χ2v) is 9.29. The Bertz CT molecular complexity index is 1430. The number of nitrogens with one attached hydrogen (secondary N) is 1. The molecule has 0 amide bonds. The molecule has 8 nitrogen and oxygen atoms in total. The predicted molar refractivity (Wildman–Crippen MR) is 140 cm³/mol. The molecule has 1 saturated heterocycles. The van der Waals surface area contributed by atoms with E-state index < -0.39 is 6.16 Å². The maximum absolute atomic E-state index is 11.5. The van der Waals surface area contributed by atoms with E-state index in [0.29, 0.717) is 11.3 Å². The van der Waals surface area contributed by atoms with Crippen molar-refractivity contribution in [2.75, 3.05) is 44.7 Å². The summed E-state index contributed by atoms with van der Waals surface area (Å²) in [6.45, 7) is 7.17. The van der Waals surface area contributed by atoms with Crippen molar-refractivity contribution >= 4 is 33.7 Å². The van der Waals surface area contributed by atoms with Gasteiger partial charge in [0.05, 0.1) is 7.11 Å². The van der Waals surface area contributed by atoms with Gasteiger partial charge in [0.15, 0.2) is 0 Å². The number of ether oxygens (including phenoxy) is 2. The molecule has 2 aromatic carbocycles. The van der Waals surface area contributed by atoms with E-state index in [1.807, 2.05) is 30.5 Å². The van der Waals surface area contributed by atoms with Crippen molar-refractivity contribution in [2.45, 2.75) is 26.2 Å². The van der Waals surface area contributed by atoms with E-state index in [9.17, 15) is 9.59 Å². The largest absolute Gasteiger partial charge is 0.513 e. The molecule has 0 spiro atoms. The van der Waals surface area contributed by atoms with Crippen LogP contribution in [0.3, 0.4) is 0 Å². The average molecular weight is 490 g/mol. The van der Waals surface area contributed by atoms with E-state index >= 15 is 0 Å². The van der Waals surface area contributed by atoms with Gasteiger partial charge in [0.25, 0.3) is 0 Å². The number of unbranched alkanes of at least 4 members (excludes halogenated alkanes) is 1. The Hall–Kier alpha value is -3.78. The first kappa shape index (κ1) is 23.9. The Balaban J connectivity index is 1.12. The van der Waals surface area contributed by atoms with Gasteiger partial charge >= 0.3 is 11.8 Å². The summed E-state index contributed by atoms with van der Waals surface area (Å²) in [7, 11) is 1.30. The number of piperazine rings is 1. The highest BCUT2D eigenvalue weighted by Crippen LogP contribution is 2.28. The molecule has 1 N–H and O–H groups in total. The van der Waals surface area contributed by atoms with E-state index in [-0.39, 0.29) is 5.63 Å². The Morgan fingerprint density at radius 1 is 1.06 bits per heavy atom. The third-order valence-electron chi connectivity index (χ3n) is 6.93. The van der Waals surface area contributed by atoms with E-state index in [1.54, 1.807) is 6.07 Å². The quantitative estimate of drug-likeness (QED) is 0.171. The lowest BCUT2D eigenvalue weighted by molar-refractivity contribution is 0.121. The first-order chi connectivity index (χ1) is 17.5. The van der Waals surface area contributed by atoms with Gasteiger partial charge in [-0.2, -0.15) is 0 Å². The summed E-state index contributed by atoms with van der Waals surface area (Å²) in [5, 5.41) is 2.04. The lowest BCUT2D eigenvalue weighted by Gasteiger charge is -2.37. The molecule has 36 heavy (non-hydrogen) atoms. The molecule has 1 aliphatic rings. The van der Waals surface area contributed by atoms with Crippen LogP contribution in [-0.2, 0) is 11.2 Å². The van der Waals surface area contributed by atoms with Crippen LogP contribution in [0.25, 0.3) is 21.9 Å². The van der Waals surface area contributed by atoms with Crippen LogP contribution in [0.4, 0.5) is 10.5 Å². The highest BCUT2D eigenvalue weighted by Gasteiger charge is 2.19. The van der Waals surface area contributed by atoms with Gasteiger partial charge in [0.1, 0.15) is 11.3 Å². The van der Waals surface area contributed by atoms with Crippen LogP contribution in [0.2, 0.25) is 0 Å². The summed E-state index contributed by atoms with van der Waals surface area (Å²) >= 11 is 0. The fourth-order valence-corrected chi connectivity index (χ4v) is 4.97. The number of carbonyl (C=O) groups excluding carboxylic acids is 1. The number of hydrogen-bond donors (Lipinski definition) is 1. The smallest absolute Gasteiger partial charge is 0.437 e. The molecule has 188 valence electrons. The van der Waals surface area contributed by atoms with Gasteiger partial charge in [-0.3, -0.25) is 4.90 Å². The fraction of sp³-hybridized carbons (Fsp3) is 0.357. The van der Waals surface area contributed by atoms with E-state index in [0.717, 1.165) is 73.8 Å². The molecule has 5 rings (SSSR count). The van der Waals surface area contributed by atoms with Gasteiger partial charge in [-0.25, -0.2) is 9.59 Å². The van der Waals surface area contributed by atoms with E-state index in [1.165, 1.54) is 24.4 Å². The Morgan fingerprint density at radius 2 is 1.89 bits per heavy atom. The summed E-state index contributed by atoms with van der Waals surface area (Å²) < 4.78 is 15.1. The number of aromatic amines is 1. The molecule has 0 saturated carbocycles. The first-order valence-electron chi connectivity index (χ1n) is 12.4. The number of nitrogens with zero attached hydrogens (tertiary/aromatic N) is 2. The van der Waals surface area contributed by atoms with Crippen LogP contribution in [-0.4, -0.2) is 55.9 Å². The highest BCUT2D eigenvalue weighted by atomic mass is 16.7. The van der Waals surface area contributed by atoms with Crippen LogP contribution in [0, 0.1) is 6.92 Å². The molecule has 3 heterocycles. The zero-order valence-electron chi connectivity index (χ0n) is 20.7. The second-order valence-electron chi connectivity index (χ2n) is 9.29. The Morgan fingerprint density at radius 3 is 2.69 bits per heavy atom. The SMILES string of the molecule is COC(=O)Oc1ccc2[nH]cc(CCCCN3CCN(c4cc5ccc(=O)oc5cc4C)CC3)c2c1. The molecule has 4 aromatic rings.